The largest absolute Gasteiger partial charge is 0.445 e. The van der Waals surface area contributed by atoms with E-state index in [1.165, 1.54) is 12.1 Å². The SMILES string of the molecule is CC1(CO)C(OC(=O)Nc2cccc(C(F)(F)F)c2)CCC2(C)C(CC(=O)NCc3cccs3)C(O)CCC12. The van der Waals surface area contributed by atoms with E-state index in [0.29, 0.717) is 32.2 Å². The van der Waals surface area contributed by atoms with Gasteiger partial charge in [0.1, 0.15) is 6.10 Å². The molecule has 4 N–H and O–H groups in total. The first-order chi connectivity index (χ1) is 18.4. The average Bonchev–Trinajstić information content (AvgIpc) is 3.40. The molecule has 0 radical (unpaired) electrons. The molecule has 39 heavy (non-hydrogen) atoms. The first-order valence-corrected chi connectivity index (χ1v) is 14.0. The van der Waals surface area contributed by atoms with Gasteiger partial charge in [-0.05, 0) is 72.6 Å². The van der Waals surface area contributed by atoms with E-state index in [1.54, 1.807) is 11.3 Å². The molecule has 6 unspecified atom stereocenters. The summed E-state index contributed by atoms with van der Waals surface area (Å²) in [6.07, 6.45) is -4.73. The number of nitrogens with one attached hydrogen (secondary N) is 2. The second kappa shape index (κ2) is 11.5. The van der Waals surface area contributed by atoms with E-state index in [4.69, 9.17) is 4.74 Å². The van der Waals surface area contributed by atoms with E-state index >= 15 is 0 Å². The third kappa shape index (κ3) is 6.25. The van der Waals surface area contributed by atoms with Crippen molar-refractivity contribution in [2.75, 3.05) is 11.9 Å². The maximum Gasteiger partial charge on any atom is 0.416 e. The Morgan fingerprint density at radius 3 is 2.59 bits per heavy atom. The number of anilines is 1. The van der Waals surface area contributed by atoms with Crippen molar-refractivity contribution in [2.24, 2.45) is 22.7 Å². The summed E-state index contributed by atoms with van der Waals surface area (Å²) in [5.74, 6) is -0.655. The molecule has 2 aliphatic rings. The first-order valence-electron chi connectivity index (χ1n) is 13.1. The summed E-state index contributed by atoms with van der Waals surface area (Å²) in [6, 6.07) is 8.15. The minimum absolute atomic E-state index is 0.0458. The molecule has 6 atom stereocenters. The van der Waals surface area contributed by atoms with Gasteiger partial charge in [0.05, 0.1) is 24.8 Å². The molecule has 2 saturated carbocycles. The molecule has 11 heteroatoms. The fourth-order valence-corrected chi connectivity index (χ4v) is 7.34. The number of halogens is 3. The van der Waals surface area contributed by atoms with Crippen LogP contribution in [0.15, 0.2) is 41.8 Å². The molecule has 4 rings (SSSR count). The van der Waals surface area contributed by atoms with Crippen LogP contribution in [-0.2, 0) is 22.3 Å². The second-order valence-electron chi connectivity index (χ2n) is 11.2. The van der Waals surface area contributed by atoms with E-state index < -0.39 is 40.9 Å². The van der Waals surface area contributed by atoms with Gasteiger partial charge in [0.15, 0.2) is 0 Å². The lowest BCUT2D eigenvalue weighted by atomic mass is 9.46. The van der Waals surface area contributed by atoms with Gasteiger partial charge in [-0.25, -0.2) is 4.79 Å². The van der Waals surface area contributed by atoms with Gasteiger partial charge in [-0.2, -0.15) is 13.2 Å². The first kappa shape index (κ1) is 29.4. The highest BCUT2D eigenvalue weighted by Gasteiger charge is 2.60. The minimum Gasteiger partial charge on any atom is -0.445 e. The third-order valence-corrected chi connectivity index (χ3v) is 9.68. The number of alkyl halides is 3. The van der Waals surface area contributed by atoms with Crippen molar-refractivity contribution in [1.29, 1.82) is 0 Å². The summed E-state index contributed by atoms with van der Waals surface area (Å²) < 4.78 is 44.9. The van der Waals surface area contributed by atoms with Crippen LogP contribution in [0.3, 0.4) is 0 Å². The summed E-state index contributed by atoms with van der Waals surface area (Å²) in [7, 11) is 0. The van der Waals surface area contributed by atoms with E-state index in [0.717, 1.165) is 17.0 Å². The van der Waals surface area contributed by atoms with Crippen molar-refractivity contribution in [3.63, 3.8) is 0 Å². The highest BCUT2D eigenvalue weighted by molar-refractivity contribution is 7.09. The summed E-state index contributed by atoms with van der Waals surface area (Å²) >= 11 is 1.55. The maximum atomic E-state index is 13.1. The zero-order valence-electron chi connectivity index (χ0n) is 22.0. The van der Waals surface area contributed by atoms with Crippen LogP contribution in [0.2, 0.25) is 0 Å². The van der Waals surface area contributed by atoms with Crippen molar-refractivity contribution >= 4 is 29.0 Å². The van der Waals surface area contributed by atoms with Crippen molar-refractivity contribution in [3.8, 4) is 0 Å². The van der Waals surface area contributed by atoms with Gasteiger partial charge >= 0.3 is 12.3 Å². The standard InChI is InChI=1S/C28H35F3N2O5S/c1-26-11-10-23(38-25(37)33-18-6-3-5-17(13-18)28(29,30)31)27(2,16-34)22(26)9-8-21(35)20(26)14-24(36)32-15-19-7-4-12-39-19/h3-7,12-13,20-23,34-35H,8-11,14-16H2,1-2H3,(H,32,36)(H,33,37). The fourth-order valence-electron chi connectivity index (χ4n) is 6.70. The van der Waals surface area contributed by atoms with Gasteiger partial charge in [-0.1, -0.05) is 26.0 Å². The number of carbonyl (C=O) groups excluding carboxylic acids is 2. The number of rotatable bonds is 7. The molecule has 2 aliphatic carbocycles. The Morgan fingerprint density at radius 2 is 1.92 bits per heavy atom. The number of hydrogen-bond acceptors (Lipinski definition) is 6. The molecule has 1 heterocycles. The molecular formula is C28H35F3N2O5S. The number of ether oxygens (including phenoxy) is 1. The highest BCUT2D eigenvalue weighted by atomic mass is 32.1. The van der Waals surface area contributed by atoms with Crippen LogP contribution in [0.5, 0.6) is 0 Å². The fraction of sp³-hybridized carbons (Fsp3) is 0.571. The Morgan fingerprint density at radius 1 is 1.15 bits per heavy atom. The van der Waals surface area contributed by atoms with E-state index in [9.17, 15) is 33.0 Å². The van der Waals surface area contributed by atoms with Gasteiger partial charge in [0.2, 0.25) is 5.91 Å². The molecule has 1 aromatic carbocycles. The van der Waals surface area contributed by atoms with Crippen LogP contribution in [0, 0.1) is 22.7 Å². The molecule has 2 amide bonds. The lowest BCUT2D eigenvalue weighted by Crippen LogP contribution is -2.61. The third-order valence-electron chi connectivity index (χ3n) is 8.81. The van der Waals surface area contributed by atoms with Gasteiger partial charge < -0.3 is 20.3 Å². The molecule has 214 valence electrons. The predicted octanol–water partition coefficient (Wildman–Crippen LogP) is 5.58. The molecule has 0 saturated heterocycles. The number of fused-ring (bicyclic) bond motifs is 1. The quantitative estimate of drug-likeness (QED) is 0.349. The Labute approximate surface area is 229 Å². The van der Waals surface area contributed by atoms with Crippen molar-refractivity contribution in [1.82, 2.24) is 5.32 Å². The number of aliphatic hydroxyl groups is 2. The number of carbonyl (C=O) groups is 2. The van der Waals surface area contributed by atoms with Gasteiger partial charge in [0.25, 0.3) is 0 Å². The number of amides is 2. The predicted molar refractivity (Wildman–Crippen MR) is 141 cm³/mol. The normalized spacial score (nSPS) is 30.7. The lowest BCUT2D eigenvalue weighted by molar-refractivity contribution is -0.185. The molecule has 2 fully saturated rings. The van der Waals surface area contributed by atoms with Crippen LogP contribution < -0.4 is 10.6 Å². The monoisotopic (exact) mass is 568 g/mol. The Balaban J connectivity index is 1.45. The van der Waals surface area contributed by atoms with E-state index in [1.807, 2.05) is 31.4 Å². The van der Waals surface area contributed by atoms with Gasteiger partial charge in [-0.15, -0.1) is 11.3 Å². The Kier molecular flexibility index (Phi) is 8.63. The smallest absolute Gasteiger partial charge is 0.416 e. The van der Waals surface area contributed by atoms with Crippen LogP contribution in [-0.4, -0.2) is 41.0 Å². The molecular weight excluding hydrogens is 533 g/mol. The lowest BCUT2D eigenvalue weighted by Gasteiger charge is -2.60. The Hall–Kier alpha value is -2.63. The van der Waals surface area contributed by atoms with Crippen molar-refractivity contribution in [2.45, 2.75) is 70.9 Å². The summed E-state index contributed by atoms with van der Waals surface area (Å²) in [4.78, 5) is 26.6. The van der Waals surface area contributed by atoms with Crippen LogP contribution in [0.1, 0.15) is 56.4 Å². The zero-order valence-corrected chi connectivity index (χ0v) is 22.8. The Bertz CT molecular complexity index is 1160. The number of hydrogen-bond donors (Lipinski definition) is 4. The number of thiophene rings is 1. The summed E-state index contributed by atoms with van der Waals surface area (Å²) in [5.41, 5.74) is -2.30. The number of benzene rings is 1. The van der Waals surface area contributed by atoms with Crippen LogP contribution in [0.4, 0.5) is 23.7 Å². The summed E-state index contributed by atoms with van der Waals surface area (Å²) in [6.45, 7) is 4.00. The highest BCUT2D eigenvalue weighted by Crippen LogP contribution is 2.61. The van der Waals surface area contributed by atoms with Crippen molar-refractivity contribution < 1.29 is 37.7 Å². The average molecular weight is 569 g/mol. The topological polar surface area (TPSA) is 108 Å². The molecule has 0 aliphatic heterocycles. The molecule has 2 aromatic rings. The maximum absolute atomic E-state index is 13.1. The van der Waals surface area contributed by atoms with Crippen LogP contribution in [0.25, 0.3) is 0 Å². The van der Waals surface area contributed by atoms with Crippen molar-refractivity contribution in [3.05, 3.63) is 52.2 Å². The van der Waals surface area contributed by atoms with E-state index in [2.05, 4.69) is 10.6 Å². The molecule has 0 bridgehead atoms. The molecule has 7 nitrogen and oxygen atoms in total. The summed E-state index contributed by atoms with van der Waals surface area (Å²) in [5, 5.41) is 28.8. The molecule has 0 spiro atoms. The van der Waals surface area contributed by atoms with Crippen LogP contribution >= 0.6 is 11.3 Å². The minimum atomic E-state index is -4.55. The van der Waals surface area contributed by atoms with E-state index in [-0.39, 0.29) is 36.5 Å². The molecule has 1 aromatic heterocycles. The van der Waals surface area contributed by atoms with Gasteiger partial charge in [-0.3, -0.25) is 10.1 Å². The second-order valence-corrected chi connectivity index (χ2v) is 12.2. The number of aliphatic hydroxyl groups excluding tert-OH is 2. The zero-order chi connectivity index (χ0) is 28.4. The van der Waals surface area contributed by atoms with Gasteiger partial charge in [0, 0.05) is 22.4 Å².